The van der Waals surface area contributed by atoms with E-state index in [1.807, 2.05) is 0 Å². The smallest absolute Gasteiger partial charge is 0.310 e. The number of hydrogen-bond donors (Lipinski definition) is 1. The van der Waals surface area contributed by atoms with Crippen LogP contribution in [0, 0.1) is 10.1 Å². The second kappa shape index (κ2) is 6.36. The molecule has 0 atom stereocenters. The summed E-state index contributed by atoms with van der Waals surface area (Å²) < 4.78 is 4.88. The number of ether oxygens (including phenoxy) is 1. The first-order chi connectivity index (χ1) is 7.02. The summed E-state index contributed by atoms with van der Waals surface area (Å²) in [5, 5.41) is 18.8. The molecule has 0 aliphatic heterocycles. The molecule has 15 heavy (non-hydrogen) atoms. The molecule has 82 valence electrons. The van der Waals surface area contributed by atoms with Gasteiger partial charge in [-0.25, -0.2) is 0 Å². The molecule has 0 aromatic carbocycles. The van der Waals surface area contributed by atoms with Crippen LogP contribution in [0.2, 0.25) is 0 Å². The van der Waals surface area contributed by atoms with Gasteiger partial charge in [0.2, 0.25) is 0 Å². The summed E-state index contributed by atoms with van der Waals surface area (Å²) >= 11 is 0. The van der Waals surface area contributed by atoms with Crippen molar-refractivity contribution in [1.29, 1.82) is 0 Å². The summed E-state index contributed by atoms with van der Waals surface area (Å²) in [6, 6.07) is 0. The Hall–Kier alpha value is -2.11. The fraction of sp³-hybridized carbons (Fsp3) is 0.222. The number of hydrogen-bond acceptors (Lipinski definition) is 4. The van der Waals surface area contributed by atoms with Crippen LogP contribution in [0.5, 0.6) is 0 Å². The molecule has 0 radical (unpaired) electrons. The van der Waals surface area contributed by atoms with Crippen LogP contribution in [0.1, 0.15) is 6.42 Å². The fourth-order valence-corrected chi connectivity index (χ4v) is 0.751. The number of carbonyl (C=O) groups is 1. The van der Waals surface area contributed by atoms with Crippen LogP contribution in [0.15, 0.2) is 36.8 Å². The van der Waals surface area contributed by atoms with Crippen LogP contribution in [0.3, 0.4) is 0 Å². The van der Waals surface area contributed by atoms with Crippen LogP contribution in [0.25, 0.3) is 0 Å². The Morgan fingerprint density at radius 1 is 1.47 bits per heavy atom. The molecular weight excluding hydrogens is 202 g/mol. The van der Waals surface area contributed by atoms with Gasteiger partial charge in [-0.15, -0.1) is 0 Å². The van der Waals surface area contributed by atoms with Crippen LogP contribution < -0.4 is 0 Å². The number of aliphatic carboxylic acids is 1. The van der Waals surface area contributed by atoms with Crippen LogP contribution >= 0.6 is 0 Å². The summed E-state index contributed by atoms with van der Waals surface area (Å²) in [5.41, 5.74) is -0.338. The molecule has 0 amide bonds. The van der Waals surface area contributed by atoms with E-state index in [1.165, 1.54) is 0 Å². The lowest BCUT2D eigenvalue weighted by Crippen LogP contribution is -2.06. The molecule has 0 fully saturated rings. The SMILES string of the molecule is C=C/C(OCCC(=O)O)=C(\C=C)[N+](=O)[O-]. The monoisotopic (exact) mass is 213 g/mol. The van der Waals surface area contributed by atoms with E-state index in [2.05, 4.69) is 13.2 Å². The first-order valence-electron chi connectivity index (χ1n) is 4.01. The Morgan fingerprint density at radius 2 is 2.07 bits per heavy atom. The molecule has 0 spiro atoms. The summed E-state index contributed by atoms with van der Waals surface area (Å²) in [5.74, 6) is -1.13. The normalized spacial score (nSPS) is 11.2. The average molecular weight is 213 g/mol. The lowest BCUT2D eigenvalue weighted by Gasteiger charge is -2.04. The molecule has 0 heterocycles. The van der Waals surface area contributed by atoms with Crippen molar-refractivity contribution in [3.05, 3.63) is 46.9 Å². The van der Waals surface area contributed by atoms with E-state index in [0.717, 1.165) is 12.2 Å². The molecule has 6 nitrogen and oxygen atoms in total. The quantitative estimate of drug-likeness (QED) is 0.298. The van der Waals surface area contributed by atoms with Crippen molar-refractivity contribution in [2.75, 3.05) is 6.61 Å². The number of rotatable bonds is 7. The van der Waals surface area contributed by atoms with Crippen LogP contribution in [-0.4, -0.2) is 22.6 Å². The van der Waals surface area contributed by atoms with Crippen LogP contribution in [-0.2, 0) is 9.53 Å². The van der Waals surface area contributed by atoms with E-state index in [9.17, 15) is 14.9 Å². The van der Waals surface area contributed by atoms with E-state index in [1.54, 1.807) is 0 Å². The third kappa shape index (κ3) is 4.61. The number of allylic oxidation sites excluding steroid dienone is 2. The highest BCUT2D eigenvalue weighted by Crippen LogP contribution is 2.09. The van der Waals surface area contributed by atoms with Gasteiger partial charge < -0.3 is 9.84 Å². The molecule has 0 bridgehead atoms. The second-order valence-corrected chi connectivity index (χ2v) is 2.41. The first-order valence-corrected chi connectivity index (χ1v) is 4.01. The van der Waals surface area contributed by atoms with Crippen molar-refractivity contribution in [2.45, 2.75) is 6.42 Å². The zero-order chi connectivity index (χ0) is 11.8. The zero-order valence-corrected chi connectivity index (χ0v) is 8.01. The van der Waals surface area contributed by atoms with Crippen molar-refractivity contribution in [2.24, 2.45) is 0 Å². The third-order valence-electron chi connectivity index (χ3n) is 1.40. The molecule has 0 aliphatic rings. The Kier molecular flexibility index (Phi) is 5.47. The highest BCUT2D eigenvalue weighted by molar-refractivity contribution is 5.66. The molecule has 0 aliphatic carbocycles. The molecule has 0 aromatic rings. The number of nitrogens with zero attached hydrogens (tertiary/aromatic N) is 1. The van der Waals surface area contributed by atoms with Gasteiger partial charge in [0.15, 0.2) is 5.76 Å². The molecular formula is C9H11NO5. The van der Waals surface area contributed by atoms with Crippen molar-refractivity contribution >= 4 is 5.97 Å². The molecule has 0 saturated heterocycles. The molecule has 0 aromatic heterocycles. The van der Waals surface area contributed by atoms with Gasteiger partial charge in [0.1, 0.15) is 0 Å². The molecule has 6 heteroatoms. The maximum Gasteiger partial charge on any atom is 0.310 e. The first kappa shape index (κ1) is 12.9. The maximum atomic E-state index is 10.5. The number of nitro groups is 1. The molecule has 0 unspecified atom stereocenters. The lowest BCUT2D eigenvalue weighted by molar-refractivity contribution is -0.421. The minimum atomic E-state index is -1.04. The van der Waals surface area contributed by atoms with Crippen molar-refractivity contribution in [3.63, 3.8) is 0 Å². The van der Waals surface area contributed by atoms with E-state index in [4.69, 9.17) is 9.84 Å². The minimum Gasteiger partial charge on any atom is -0.486 e. The number of carboxylic acids is 1. The lowest BCUT2D eigenvalue weighted by atomic mass is 10.3. The molecule has 0 rings (SSSR count). The van der Waals surface area contributed by atoms with Crippen molar-refractivity contribution < 1.29 is 19.6 Å². The summed E-state index contributed by atoms with van der Waals surface area (Å²) in [4.78, 5) is 20.0. The number of carboxylic acid groups (broad SMARTS) is 1. The summed E-state index contributed by atoms with van der Waals surface area (Å²) in [6.45, 7) is 6.43. The van der Waals surface area contributed by atoms with Gasteiger partial charge in [0, 0.05) is 6.08 Å². The Morgan fingerprint density at radius 3 is 2.40 bits per heavy atom. The summed E-state index contributed by atoms with van der Waals surface area (Å²) in [7, 11) is 0. The van der Waals surface area contributed by atoms with Gasteiger partial charge in [-0.05, 0) is 6.08 Å². The van der Waals surface area contributed by atoms with Gasteiger partial charge in [0.25, 0.3) is 0 Å². The van der Waals surface area contributed by atoms with E-state index >= 15 is 0 Å². The largest absolute Gasteiger partial charge is 0.486 e. The second-order valence-electron chi connectivity index (χ2n) is 2.41. The van der Waals surface area contributed by atoms with Gasteiger partial charge in [-0.3, -0.25) is 14.9 Å². The van der Waals surface area contributed by atoms with E-state index in [-0.39, 0.29) is 24.5 Å². The van der Waals surface area contributed by atoms with Gasteiger partial charge in [0.05, 0.1) is 18.0 Å². The topological polar surface area (TPSA) is 89.7 Å². The Bertz CT molecular complexity index is 318. The standard InChI is InChI=1S/C9H11NO5/c1-3-7(10(13)14)8(4-2)15-6-5-9(11)12/h3-4H,1-2,5-6H2,(H,11,12)/b8-7-. The Balaban J connectivity index is 4.58. The molecule has 1 N–H and O–H groups in total. The maximum absolute atomic E-state index is 10.5. The van der Waals surface area contributed by atoms with Crippen molar-refractivity contribution in [1.82, 2.24) is 0 Å². The summed E-state index contributed by atoms with van der Waals surface area (Å²) in [6.07, 6.45) is 1.92. The van der Waals surface area contributed by atoms with Crippen LogP contribution in [0.4, 0.5) is 0 Å². The van der Waals surface area contributed by atoms with Gasteiger partial charge in [-0.2, -0.15) is 0 Å². The fourth-order valence-electron chi connectivity index (χ4n) is 0.751. The highest BCUT2D eigenvalue weighted by atomic mass is 16.6. The third-order valence-corrected chi connectivity index (χ3v) is 1.40. The van der Waals surface area contributed by atoms with Gasteiger partial charge in [-0.1, -0.05) is 13.2 Å². The minimum absolute atomic E-state index is 0.0868. The van der Waals surface area contributed by atoms with Gasteiger partial charge >= 0.3 is 11.7 Å². The highest BCUT2D eigenvalue weighted by Gasteiger charge is 2.13. The Labute approximate surface area is 86.3 Å². The van der Waals surface area contributed by atoms with E-state index in [0.29, 0.717) is 0 Å². The predicted octanol–water partition coefficient (Wildman–Crippen LogP) is 1.34. The average Bonchev–Trinajstić information content (AvgIpc) is 2.15. The predicted molar refractivity (Wildman–Crippen MR) is 52.6 cm³/mol. The van der Waals surface area contributed by atoms with Crippen molar-refractivity contribution in [3.8, 4) is 0 Å². The van der Waals surface area contributed by atoms with E-state index < -0.39 is 10.9 Å². The zero-order valence-electron chi connectivity index (χ0n) is 8.01. The molecule has 0 saturated carbocycles.